The lowest BCUT2D eigenvalue weighted by Gasteiger charge is -2.21. The molecule has 1 aromatic heterocycles. The maximum atomic E-state index is 13.1. The quantitative estimate of drug-likeness (QED) is 0.851. The molecule has 0 radical (unpaired) electrons. The molecule has 2 aromatic rings. The molecule has 0 bridgehead atoms. The average Bonchev–Trinajstić information content (AvgIpc) is 2.92. The van der Waals surface area contributed by atoms with Crippen LogP contribution in [0.5, 0.6) is 0 Å². The fraction of sp³-hybridized carbons (Fsp3) is 0.333. The summed E-state index contributed by atoms with van der Waals surface area (Å²) in [6, 6.07) is 6.94. The molecule has 0 amide bonds. The van der Waals surface area contributed by atoms with Gasteiger partial charge in [0.2, 0.25) is 0 Å². The molecule has 1 aliphatic heterocycles. The topological polar surface area (TPSA) is 53.4 Å². The van der Waals surface area contributed by atoms with Gasteiger partial charge in [-0.1, -0.05) is 12.1 Å². The van der Waals surface area contributed by atoms with E-state index in [4.69, 9.17) is 5.11 Å². The minimum Gasteiger partial charge on any atom is -0.481 e. The average molecular weight is 389 g/mol. The molecular weight excluding hydrogens is 377 g/mol. The lowest BCUT2D eigenvalue weighted by molar-refractivity contribution is -0.187. The van der Waals surface area contributed by atoms with Gasteiger partial charge in [-0.15, -0.1) is 0 Å². The largest absolute Gasteiger partial charge is 0.481 e. The number of alkyl halides is 3. The number of fused-ring (bicyclic) bond motifs is 1. The smallest absolute Gasteiger partial charge is 0.394 e. The number of rotatable bonds is 2. The van der Waals surface area contributed by atoms with E-state index in [1.165, 1.54) is 11.1 Å². The van der Waals surface area contributed by atoms with E-state index in [-0.39, 0.29) is 13.1 Å². The Labute approximate surface area is 138 Å². The maximum absolute atomic E-state index is 13.1. The van der Waals surface area contributed by atoms with Crippen molar-refractivity contribution >= 4 is 38.5 Å². The van der Waals surface area contributed by atoms with Crippen LogP contribution in [-0.2, 0) is 4.79 Å². The highest BCUT2D eigenvalue weighted by Gasteiger charge is 2.52. The molecule has 0 unspecified atom stereocenters. The van der Waals surface area contributed by atoms with Gasteiger partial charge in [0.05, 0.1) is 17.4 Å². The third-order valence-electron chi connectivity index (χ3n) is 4.10. The number of carbonyl (C=O) groups is 1. The second kappa shape index (κ2) is 5.67. The predicted octanol–water partition coefficient (Wildman–Crippen LogP) is 3.70. The van der Waals surface area contributed by atoms with Crippen LogP contribution in [0.25, 0.3) is 10.9 Å². The zero-order chi connectivity index (χ0) is 16.8. The summed E-state index contributed by atoms with van der Waals surface area (Å²) in [5, 5.41) is 9.81. The van der Waals surface area contributed by atoms with Crippen LogP contribution in [0.4, 0.5) is 18.9 Å². The lowest BCUT2D eigenvalue weighted by atomic mass is 9.96. The molecule has 23 heavy (non-hydrogen) atoms. The number of para-hydroxylation sites is 1. The van der Waals surface area contributed by atoms with Gasteiger partial charge in [-0.3, -0.25) is 9.78 Å². The van der Waals surface area contributed by atoms with Crippen molar-refractivity contribution in [3.05, 3.63) is 34.9 Å². The van der Waals surface area contributed by atoms with Gasteiger partial charge in [0, 0.05) is 34.8 Å². The Morgan fingerprint density at radius 2 is 2.04 bits per heavy atom. The molecule has 0 saturated carbocycles. The number of hydrogen-bond donors (Lipinski definition) is 1. The van der Waals surface area contributed by atoms with E-state index < -0.39 is 24.0 Å². The maximum Gasteiger partial charge on any atom is 0.394 e. The normalized spacial score (nSPS) is 21.8. The van der Waals surface area contributed by atoms with Crippen molar-refractivity contribution < 1.29 is 23.1 Å². The van der Waals surface area contributed by atoms with Crippen molar-refractivity contribution in [2.24, 2.45) is 11.8 Å². The van der Waals surface area contributed by atoms with E-state index >= 15 is 0 Å². The molecule has 8 heteroatoms. The number of halogens is 4. The third-order valence-corrected chi connectivity index (χ3v) is 4.74. The van der Waals surface area contributed by atoms with Gasteiger partial charge in [0.25, 0.3) is 0 Å². The van der Waals surface area contributed by atoms with Gasteiger partial charge in [-0.2, -0.15) is 13.2 Å². The minimum absolute atomic E-state index is 0.175. The molecule has 1 aliphatic rings. The summed E-state index contributed by atoms with van der Waals surface area (Å²) < 4.78 is 40.1. The van der Waals surface area contributed by atoms with Crippen molar-refractivity contribution in [2.75, 3.05) is 18.0 Å². The second-order valence-electron chi connectivity index (χ2n) is 5.46. The Morgan fingerprint density at radius 1 is 1.30 bits per heavy atom. The van der Waals surface area contributed by atoms with Crippen LogP contribution >= 0.6 is 15.9 Å². The van der Waals surface area contributed by atoms with Crippen molar-refractivity contribution in [1.82, 2.24) is 4.98 Å². The Hall–Kier alpha value is -1.83. The van der Waals surface area contributed by atoms with Crippen molar-refractivity contribution in [1.29, 1.82) is 0 Å². The van der Waals surface area contributed by atoms with E-state index in [1.54, 1.807) is 24.3 Å². The molecule has 1 N–H and O–H groups in total. The number of carboxylic acids is 1. The first-order chi connectivity index (χ1) is 10.8. The van der Waals surface area contributed by atoms with Crippen molar-refractivity contribution in [2.45, 2.75) is 6.18 Å². The number of pyridine rings is 1. The van der Waals surface area contributed by atoms with Crippen LogP contribution < -0.4 is 4.90 Å². The molecule has 4 nitrogen and oxygen atoms in total. The molecular formula is C15H12BrF3N2O2. The number of anilines is 1. The van der Waals surface area contributed by atoms with E-state index in [2.05, 4.69) is 20.9 Å². The number of hydrogen-bond acceptors (Lipinski definition) is 3. The SMILES string of the molecule is O=C(O)[C@@H]1CN(c2ccnc3c(Br)cccc23)C[C@H]1C(F)(F)F. The standard InChI is InChI=1S/C15H12BrF3N2O2/c16-11-3-1-2-8-12(4-5-20-13(8)11)21-6-9(14(22)23)10(7-21)15(17,18)19/h1-5,9-10H,6-7H2,(H,22,23)/t9-,10-/m1/s1. The molecule has 1 fully saturated rings. The monoisotopic (exact) mass is 388 g/mol. The van der Waals surface area contributed by atoms with E-state index in [1.807, 2.05) is 0 Å². The number of aliphatic carboxylic acids is 1. The summed E-state index contributed by atoms with van der Waals surface area (Å²) in [4.78, 5) is 16.9. The summed E-state index contributed by atoms with van der Waals surface area (Å²) in [5.74, 6) is -4.77. The summed E-state index contributed by atoms with van der Waals surface area (Å²) >= 11 is 3.36. The van der Waals surface area contributed by atoms with Crippen LogP contribution in [0.2, 0.25) is 0 Å². The van der Waals surface area contributed by atoms with E-state index in [0.717, 1.165) is 4.47 Å². The zero-order valence-corrected chi connectivity index (χ0v) is 13.3. The Morgan fingerprint density at radius 3 is 2.65 bits per heavy atom. The van der Waals surface area contributed by atoms with Gasteiger partial charge in [-0.05, 0) is 28.1 Å². The number of nitrogens with zero attached hydrogens (tertiary/aromatic N) is 2. The molecule has 3 rings (SSSR count). The van der Waals surface area contributed by atoms with Gasteiger partial charge in [-0.25, -0.2) is 0 Å². The third kappa shape index (κ3) is 2.87. The van der Waals surface area contributed by atoms with Crippen LogP contribution in [0.3, 0.4) is 0 Å². The van der Waals surface area contributed by atoms with Crippen molar-refractivity contribution in [3.63, 3.8) is 0 Å². The van der Waals surface area contributed by atoms with Crippen LogP contribution in [0, 0.1) is 11.8 Å². The molecule has 0 spiro atoms. The number of aromatic nitrogens is 1. The molecule has 1 saturated heterocycles. The molecule has 2 atom stereocenters. The summed E-state index contributed by atoms with van der Waals surface area (Å²) in [5.41, 5.74) is 1.20. The highest BCUT2D eigenvalue weighted by molar-refractivity contribution is 9.10. The van der Waals surface area contributed by atoms with Gasteiger partial charge in [0.1, 0.15) is 0 Å². The van der Waals surface area contributed by atoms with Gasteiger partial charge in [0.15, 0.2) is 0 Å². The Bertz CT molecular complexity index is 766. The first-order valence-corrected chi connectivity index (χ1v) is 7.66. The molecule has 1 aromatic carbocycles. The Kier molecular flexibility index (Phi) is 3.95. The highest BCUT2D eigenvalue weighted by Crippen LogP contribution is 2.41. The minimum atomic E-state index is -4.54. The summed E-state index contributed by atoms with van der Waals surface area (Å²) in [6.45, 7) is -0.544. The van der Waals surface area contributed by atoms with Gasteiger partial charge >= 0.3 is 12.1 Å². The number of carboxylic acid groups (broad SMARTS) is 1. The van der Waals surface area contributed by atoms with Crippen LogP contribution in [0.15, 0.2) is 34.9 Å². The molecule has 2 heterocycles. The molecule has 122 valence electrons. The zero-order valence-electron chi connectivity index (χ0n) is 11.7. The van der Waals surface area contributed by atoms with Gasteiger partial charge < -0.3 is 10.0 Å². The highest BCUT2D eigenvalue weighted by atomic mass is 79.9. The van der Waals surface area contributed by atoms with E-state index in [0.29, 0.717) is 16.6 Å². The van der Waals surface area contributed by atoms with E-state index in [9.17, 15) is 18.0 Å². The van der Waals surface area contributed by atoms with Crippen LogP contribution in [0.1, 0.15) is 0 Å². The second-order valence-corrected chi connectivity index (χ2v) is 6.32. The fourth-order valence-electron chi connectivity index (χ4n) is 2.98. The van der Waals surface area contributed by atoms with Crippen LogP contribution in [-0.4, -0.2) is 35.3 Å². The Balaban J connectivity index is 2.04. The molecule has 0 aliphatic carbocycles. The summed E-state index contributed by atoms with van der Waals surface area (Å²) in [7, 11) is 0. The first-order valence-electron chi connectivity index (χ1n) is 6.86. The number of benzene rings is 1. The fourth-order valence-corrected chi connectivity index (χ4v) is 3.45. The first kappa shape index (κ1) is 16.0. The van der Waals surface area contributed by atoms with Crippen molar-refractivity contribution in [3.8, 4) is 0 Å². The predicted molar refractivity (Wildman–Crippen MR) is 82.3 cm³/mol. The summed E-state index contributed by atoms with van der Waals surface area (Å²) in [6.07, 6.45) is -3.03. The lowest BCUT2D eigenvalue weighted by Crippen LogP contribution is -2.33.